The standard InChI is InChI=1S/C17H20F3N3O3/c1-12(23-10-21-9-22-23)16(24,15(2)7-25-11-26-8-15)13-3-5-14(6-4-13)17(18,19)20/h3-6,9-10,12,24H,7-8,11H2,1-2H3. The normalized spacial score (nSPS) is 21.2. The number of hydrogen-bond donors (Lipinski definition) is 1. The molecule has 9 heteroatoms. The first-order chi connectivity index (χ1) is 12.2. The maximum absolute atomic E-state index is 12.9. The fourth-order valence-electron chi connectivity index (χ4n) is 3.47. The third-order valence-electron chi connectivity index (χ3n) is 5.02. The summed E-state index contributed by atoms with van der Waals surface area (Å²) in [5.74, 6) is 0. The maximum Gasteiger partial charge on any atom is 0.416 e. The van der Waals surface area contributed by atoms with Gasteiger partial charge >= 0.3 is 6.18 Å². The summed E-state index contributed by atoms with van der Waals surface area (Å²) in [6.07, 6.45) is -1.66. The van der Waals surface area contributed by atoms with Crippen LogP contribution in [0.15, 0.2) is 36.9 Å². The Hall–Kier alpha value is -1.97. The molecule has 0 spiro atoms. The Balaban J connectivity index is 2.08. The summed E-state index contributed by atoms with van der Waals surface area (Å²) < 4.78 is 51.0. The van der Waals surface area contributed by atoms with Crippen molar-refractivity contribution in [1.29, 1.82) is 0 Å². The minimum Gasteiger partial charge on any atom is -0.382 e. The highest BCUT2D eigenvalue weighted by Crippen LogP contribution is 2.49. The van der Waals surface area contributed by atoms with Crippen LogP contribution < -0.4 is 0 Å². The van der Waals surface area contributed by atoms with E-state index in [1.807, 2.05) is 0 Å². The average Bonchev–Trinajstić information content (AvgIpc) is 3.15. The Bertz CT molecular complexity index is 728. The van der Waals surface area contributed by atoms with E-state index in [4.69, 9.17) is 9.47 Å². The van der Waals surface area contributed by atoms with Crippen LogP contribution in [0.4, 0.5) is 13.2 Å². The van der Waals surface area contributed by atoms with Crippen LogP contribution in [0.3, 0.4) is 0 Å². The van der Waals surface area contributed by atoms with E-state index in [-0.39, 0.29) is 20.0 Å². The number of aliphatic hydroxyl groups is 1. The molecule has 2 atom stereocenters. The predicted molar refractivity (Wildman–Crippen MR) is 85.0 cm³/mol. The minimum absolute atomic E-state index is 0.108. The highest BCUT2D eigenvalue weighted by molar-refractivity contribution is 5.32. The SMILES string of the molecule is CC(n1cncn1)C(O)(c1ccc(C(F)(F)F)cc1)C1(C)COCOC1. The molecule has 1 fully saturated rings. The van der Waals surface area contributed by atoms with E-state index in [9.17, 15) is 18.3 Å². The van der Waals surface area contributed by atoms with Crippen LogP contribution in [0.25, 0.3) is 0 Å². The van der Waals surface area contributed by atoms with Crippen molar-refractivity contribution in [2.24, 2.45) is 5.41 Å². The molecule has 1 aliphatic rings. The zero-order valence-electron chi connectivity index (χ0n) is 14.4. The fraction of sp³-hybridized carbons (Fsp3) is 0.529. The van der Waals surface area contributed by atoms with Gasteiger partial charge in [-0.25, -0.2) is 9.67 Å². The summed E-state index contributed by atoms with van der Waals surface area (Å²) >= 11 is 0. The lowest BCUT2D eigenvalue weighted by molar-refractivity contribution is -0.238. The molecular weight excluding hydrogens is 351 g/mol. The van der Waals surface area contributed by atoms with Gasteiger partial charge in [-0.15, -0.1) is 0 Å². The van der Waals surface area contributed by atoms with E-state index in [1.54, 1.807) is 13.8 Å². The Morgan fingerprint density at radius 3 is 2.23 bits per heavy atom. The largest absolute Gasteiger partial charge is 0.416 e. The van der Waals surface area contributed by atoms with Gasteiger partial charge in [0.15, 0.2) is 0 Å². The summed E-state index contributed by atoms with van der Waals surface area (Å²) in [7, 11) is 0. The number of alkyl halides is 3. The maximum atomic E-state index is 12.9. The molecule has 1 aromatic carbocycles. The average molecular weight is 371 g/mol. The van der Waals surface area contributed by atoms with Crippen LogP contribution in [0.1, 0.15) is 31.0 Å². The smallest absolute Gasteiger partial charge is 0.382 e. The van der Waals surface area contributed by atoms with Gasteiger partial charge in [-0.2, -0.15) is 18.3 Å². The molecular formula is C17H20F3N3O3. The molecule has 26 heavy (non-hydrogen) atoms. The van der Waals surface area contributed by atoms with Crippen LogP contribution in [-0.4, -0.2) is 39.9 Å². The minimum atomic E-state index is -4.45. The number of hydrogen-bond acceptors (Lipinski definition) is 5. The van der Waals surface area contributed by atoms with Crippen molar-refractivity contribution in [2.75, 3.05) is 20.0 Å². The topological polar surface area (TPSA) is 69.4 Å². The van der Waals surface area contributed by atoms with Gasteiger partial charge in [0.1, 0.15) is 25.0 Å². The second-order valence-electron chi connectivity index (χ2n) is 6.77. The zero-order chi connectivity index (χ0) is 19.0. The first kappa shape index (κ1) is 18.8. The Labute approximate surface area is 148 Å². The molecule has 6 nitrogen and oxygen atoms in total. The highest BCUT2D eigenvalue weighted by Gasteiger charge is 2.54. The van der Waals surface area contributed by atoms with Crippen molar-refractivity contribution in [3.63, 3.8) is 0 Å². The quantitative estimate of drug-likeness (QED) is 0.895. The van der Waals surface area contributed by atoms with Gasteiger partial charge in [-0.3, -0.25) is 0 Å². The summed E-state index contributed by atoms with van der Waals surface area (Å²) in [4.78, 5) is 3.89. The molecule has 2 aromatic rings. The molecule has 1 aromatic heterocycles. The molecule has 2 heterocycles. The lowest BCUT2D eigenvalue weighted by atomic mass is 9.66. The Morgan fingerprint density at radius 1 is 1.15 bits per heavy atom. The van der Waals surface area contributed by atoms with Crippen LogP contribution >= 0.6 is 0 Å². The van der Waals surface area contributed by atoms with Crippen molar-refractivity contribution in [1.82, 2.24) is 14.8 Å². The molecule has 2 unspecified atom stereocenters. The number of nitrogens with zero attached hydrogens (tertiary/aromatic N) is 3. The molecule has 142 valence electrons. The first-order valence-electron chi connectivity index (χ1n) is 8.08. The number of rotatable bonds is 4. The van der Waals surface area contributed by atoms with Gasteiger partial charge in [0.2, 0.25) is 0 Å². The van der Waals surface area contributed by atoms with Gasteiger partial charge in [0, 0.05) is 5.41 Å². The van der Waals surface area contributed by atoms with E-state index in [1.165, 1.54) is 29.5 Å². The predicted octanol–water partition coefficient (Wildman–Crippen LogP) is 2.76. The van der Waals surface area contributed by atoms with E-state index < -0.39 is 28.8 Å². The van der Waals surface area contributed by atoms with Crippen molar-refractivity contribution >= 4 is 0 Å². The van der Waals surface area contributed by atoms with E-state index in [2.05, 4.69) is 10.1 Å². The molecule has 0 saturated carbocycles. The van der Waals surface area contributed by atoms with Crippen LogP contribution in [-0.2, 0) is 21.3 Å². The third-order valence-corrected chi connectivity index (χ3v) is 5.02. The second-order valence-corrected chi connectivity index (χ2v) is 6.77. The van der Waals surface area contributed by atoms with Crippen molar-refractivity contribution < 1.29 is 27.8 Å². The van der Waals surface area contributed by atoms with Gasteiger partial charge in [-0.1, -0.05) is 19.1 Å². The summed E-state index contributed by atoms with van der Waals surface area (Å²) in [6, 6.07) is 3.87. The number of ether oxygens (including phenoxy) is 2. The van der Waals surface area contributed by atoms with Crippen LogP contribution in [0.2, 0.25) is 0 Å². The van der Waals surface area contributed by atoms with Crippen LogP contribution in [0.5, 0.6) is 0 Å². The Morgan fingerprint density at radius 2 is 1.73 bits per heavy atom. The highest BCUT2D eigenvalue weighted by atomic mass is 19.4. The van der Waals surface area contributed by atoms with Gasteiger partial charge in [-0.05, 0) is 24.6 Å². The lowest BCUT2D eigenvalue weighted by Gasteiger charge is -2.49. The number of halogens is 3. The molecule has 0 amide bonds. The molecule has 0 bridgehead atoms. The third kappa shape index (κ3) is 3.10. The number of benzene rings is 1. The van der Waals surface area contributed by atoms with Gasteiger partial charge in [0.05, 0.1) is 24.8 Å². The zero-order valence-corrected chi connectivity index (χ0v) is 14.4. The molecule has 0 aliphatic carbocycles. The van der Waals surface area contributed by atoms with E-state index in [0.717, 1.165) is 12.1 Å². The van der Waals surface area contributed by atoms with Crippen LogP contribution in [0, 0.1) is 5.41 Å². The first-order valence-corrected chi connectivity index (χ1v) is 8.08. The summed E-state index contributed by atoms with van der Waals surface area (Å²) in [6.45, 7) is 3.98. The van der Waals surface area contributed by atoms with Gasteiger partial charge < -0.3 is 14.6 Å². The summed E-state index contributed by atoms with van der Waals surface area (Å²) in [5, 5.41) is 15.8. The van der Waals surface area contributed by atoms with Crippen molar-refractivity contribution in [3.05, 3.63) is 48.0 Å². The second kappa shape index (κ2) is 6.64. The molecule has 3 rings (SSSR count). The number of aromatic nitrogens is 3. The van der Waals surface area contributed by atoms with Crippen molar-refractivity contribution in [3.8, 4) is 0 Å². The lowest BCUT2D eigenvalue weighted by Crippen LogP contribution is -2.56. The van der Waals surface area contributed by atoms with Gasteiger partial charge in [0.25, 0.3) is 0 Å². The Kier molecular flexibility index (Phi) is 4.80. The molecule has 1 saturated heterocycles. The fourth-order valence-corrected chi connectivity index (χ4v) is 3.47. The molecule has 0 radical (unpaired) electrons. The summed E-state index contributed by atoms with van der Waals surface area (Å²) in [5.41, 5.74) is -2.97. The van der Waals surface area contributed by atoms with E-state index in [0.29, 0.717) is 5.56 Å². The van der Waals surface area contributed by atoms with E-state index >= 15 is 0 Å². The molecule has 1 N–H and O–H groups in total. The monoisotopic (exact) mass is 371 g/mol. The van der Waals surface area contributed by atoms with Crippen molar-refractivity contribution in [2.45, 2.75) is 31.7 Å². The molecule has 1 aliphatic heterocycles.